The Morgan fingerprint density at radius 1 is 1.50 bits per heavy atom. The third kappa shape index (κ3) is 616. The van der Waals surface area contributed by atoms with Gasteiger partial charge in [0.25, 0.3) is 0 Å². The van der Waals surface area contributed by atoms with Gasteiger partial charge >= 0.3 is 0 Å². The fraction of sp³-hybridized carbons (Fsp3) is 0.400. The third-order valence-corrected chi connectivity index (χ3v) is 0. The maximum absolute atomic E-state index is 3.25. The van der Waals surface area contributed by atoms with Gasteiger partial charge in [-0.05, 0) is 6.92 Å². The van der Waals surface area contributed by atoms with Crippen LogP contribution in [0.1, 0.15) is 0 Å². The van der Waals surface area contributed by atoms with Gasteiger partial charge in [0.15, 0.2) is 0 Å². The molecule has 0 aliphatic carbocycles. The second-order valence-corrected chi connectivity index (χ2v) is 2.41. The Bertz CT molecular complexity index is 17.9. The molecule has 6 heavy (non-hydrogen) atoms. The van der Waals surface area contributed by atoms with Crippen molar-refractivity contribution in [2.45, 2.75) is 11.6 Å². The van der Waals surface area contributed by atoms with Gasteiger partial charge in [0.2, 0.25) is 15.2 Å². The minimum atomic E-state index is 0.417. The first kappa shape index (κ1) is 9.55. The molecule has 35 valence electrons. The Balaban J connectivity index is 0. The van der Waals surface area contributed by atoms with Crippen LogP contribution in [0.2, 0.25) is 11.6 Å². The standard InChI is InChI=1S/C3H5.2CH3.Al.H/c1-3-2;;;;/h3H,1-2H2;2*1H3;;. The molecule has 0 amide bonds. The van der Waals surface area contributed by atoms with Crippen molar-refractivity contribution in [1.82, 2.24) is 0 Å². The molecular weight excluding hydrogens is 87.0 g/mol. The lowest BCUT2D eigenvalue weighted by molar-refractivity contribution is 2.14. The maximum atomic E-state index is 3.25. The number of hydrogen-bond donors (Lipinski definition) is 0. The SMILES string of the molecule is [CH2]C=C.[CH3][AlH][CH3]. The van der Waals surface area contributed by atoms with Crippen molar-refractivity contribution in [2.75, 3.05) is 0 Å². The van der Waals surface area contributed by atoms with E-state index in [1.807, 2.05) is 0 Å². The van der Waals surface area contributed by atoms with E-state index in [1.54, 1.807) is 0 Å². The van der Waals surface area contributed by atoms with Crippen LogP contribution < -0.4 is 0 Å². The van der Waals surface area contributed by atoms with Crippen LogP contribution in [-0.4, -0.2) is 15.2 Å². The van der Waals surface area contributed by atoms with Crippen LogP contribution in [0.3, 0.4) is 0 Å². The lowest BCUT2D eigenvalue weighted by Crippen LogP contribution is -1.53. The topological polar surface area (TPSA) is 0 Å². The van der Waals surface area contributed by atoms with Crippen molar-refractivity contribution in [3.63, 3.8) is 0 Å². The van der Waals surface area contributed by atoms with Gasteiger partial charge in [0, 0.05) is 0 Å². The lowest BCUT2D eigenvalue weighted by atomic mass is 10.8. The summed E-state index contributed by atoms with van der Waals surface area (Å²) < 4.78 is 0. The molecule has 0 spiro atoms. The summed E-state index contributed by atoms with van der Waals surface area (Å²) in [5.74, 6) is 4.53. The monoisotopic (exact) mass is 99.1 g/mol. The van der Waals surface area contributed by atoms with E-state index >= 15 is 0 Å². The van der Waals surface area contributed by atoms with Gasteiger partial charge in [0.05, 0.1) is 0 Å². The molecule has 0 rings (SSSR count). The minimum absolute atomic E-state index is 0.417. The molecule has 0 aliphatic heterocycles. The van der Waals surface area contributed by atoms with E-state index in [2.05, 4.69) is 25.1 Å². The lowest BCUT2D eigenvalue weighted by Gasteiger charge is -1.36. The minimum Gasteiger partial charge on any atom is -0.109 e. The Hall–Kier alpha value is 0.272. The summed E-state index contributed by atoms with van der Waals surface area (Å²) in [6, 6.07) is 0. The van der Waals surface area contributed by atoms with E-state index in [4.69, 9.17) is 0 Å². The molecular formula is C5H12Al. The van der Waals surface area contributed by atoms with E-state index < -0.39 is 0 Å². The normalized spacial score (nSPS) is 4.50. The van der Waals surface area contributed by atoms with Gasteiger partial charge in [-0.1, -0.05) is 6.08 Å². The van der Waals surface area contributed by atoms with Crippen LogP contribution >= 0.6 is 0 Å². The zero-order valence-corrected chi connectivity index (χ0v) is 6.11. The van der Waals surface area contributed by atoms with Crippen molar-refractivity contribution < 1.29 is 0 Å². The summed E-state index contributed by atoms with van der Waals surface area (Å²) in [6.45, 7) is 6.50. The molecule has 0 saturated carbocycles. The Labute approximate surface area is 47.0 Å². The molecule has 0 unspecified atom stereocenters. The van der Waals surface area contributed by atoms with Gasteiger partial charge in [-0.25, -0.2) is 0 Å². The molecule has 0 aromatic heterocycles. The first-order valence-electron chi connectivity index (χ1n) is 2.23. The van der Waals surface area contributed by atoms with E-state index in [1.165, 1.54) is 6.08 Å². The highest BCUT2D eigenvalue weighted by Gasteiger charge is 1.48. The first-order valence-corrected chi connectivity index (χ1v) is 5.06. The average Bonchev–Trinajstić information content (AvgIpc) is 1.39. The van der Waals surface area contributed by atoms with Crippen molar-refractivity contribution in [3.05, 3.63) is 19.6 Å². The summed E-state index contributed by atoms with van der Waals surface area (Å²) in [6.07, 6.45) is 1.50. The maximum Gasteiger partial charge on any atom is 0.229 e. The van der Waals surface area contributed by atoms with Gasteiger partial charge in [-0.3, -0.25) is 0 Å². The highest BCUT2D eigenvalue weighted by atomic mass is 27.1. The predicted octanol–water partition coefficient (Wildman–Crippen LogP) is 1.53. The second kappa shape index (κ2) is 18.6. The molecule has 0 aromatic carbocycles. The molecule has 0 bridgehead atoms. The average molecular weight is 99.1 g/mol. The van der Waals surface area contributed by atoms with Crippen LogP contribution in [0.15, 0.2) is 12.7 Å². The second-order valence-electron chi connectivity index (χ2n) is 0.996. The van der Waals surface area contributed by atoms with Crippen LogP contribution in [0.25, 0.3) is 0 Å². The largest absolute Gasteiger partial charge is 0.229 e. The van der Waals surface area contributed by atoms with Crippen molar-refractivity contribution in [2.24, 2.45) is 0 Å². The number of hydrogen-bond acceptors (Lipinski definition) is 0. The summed E-state index contributed by atoms with van der Waals surface area (Å²) in [5.41, 5.74) is 0. The van der Waals surface area contributed by atoms with Crippen LogP contribution in [0.4, 0.5) is 0 Å². The van der Waals surface area contributed by atoms with Gasteiger partial charge in [-0.2, -0.15) is 0 Å². The Morgan fingerprint density at radius 2 is 1.50 bits per heavy atom. The van der Waals surface area contributed by atoms with Crippen LogP contribution in [0, 0.1) is 6.92 Å². The molecule has 0 N–H and O–H groups in total. The molecule has 0 aliphatic rings. The van der Waals surface area contributed by atoms with Crippen LogP contribution in [0.5, 0.6) is 0 Å². The predicted molar refractivity (Wildman–Crippen MR) is 34.4 cm³/mol. The zero-order valence-electron chi connectivity index (χ0n) is 4.70. The summed E-state index contributed by atoms with van der Waals surface area (Å²) in [5, 5.41) is 0. The van der Waals surface area contributed by atoms with Crippen molar-refractivity contribution in [3.8, 4) is 0 Å². The van der Waals surface area contributed by atoms with Crippen LogP contribution in [-0.2, 0) is 0 Å². The van der Waals surface area contributed by atoms with E-state index in [0.29, 0.717) is 15.2 Å². The van der Waals surface area contributed by atoms with E-state index in [9.17, 15) is 0 Å². The fourth-order valence-electron chi connectivity index (χ4n) is 0. The summed E-state index contributed by atoms with van der Waals surface area (Å²) >= 11 is 0.417. The van der Waals surface area contributed by atoms with E-state index in [0.717, 1.165) is 0 Å². The Morgan fingerprint density at radius 3 is 1.50 bits per heavy atom. The smallest absolute Gasteiger partial charge is 0.109 e. The Kier molecular flexibility index (Phi) is 29.7. The third-order valence-electron chi connectivity index (χ3n) is 0. The molecule has 0 fully saturated rings. The quantitative estimate of drug-likeness (QED) is 0.404. The fourth-order valence-corrected chi connectivity index (χ4v) is 0. The van der Waals surface area contributed by atoms with Gasteiger partial charge in [-0.15, -0.1) is 18.2 Å². The molecule has 1 heteroatoms. The zero-order chi connectivity index (χ0) is 5.41. The van der Waals surface area contributed by atoms with Crippen molar-refractivity contribution >= 4 is 15.2 Å². The summed E-state index contributed by atoms with van der Waals surface area (Å²) in [7, 11) is 0. The molecule has 1 radical (unpaired) electrons. The first-order chi connectivity index (χ1) is 2.83. The molecule has 0 saturated heterocycles. The molecule has 0 atom stereocenters. The van der Waals surface area contributed by atoms with Gasteiger partial charge in [0.1, 0.15) is 0 Å². The molecule has 0 heterocycles. The highest BCUT2D eigenvalue weighted by molar-refractivity contribution is 6.31. The molecule has 0 nitrogen and oxygen atoms in total. The number of rotatable bonds is 0. The van der Waals surface area contributed by atoms with E-state index in [-0.39, 0.29) is 0 Å². The highest BCUT2D eigenvalue weighted by Crippen LogP contribution is 1.36. The molecule has 0 aromatic rings. The van der Waals surface area contributed by atoms with Gasteiger partial charge < -0.3 is 0 Å². The van der Waals surface area contributed by atoms with Crippen molar-refractivity contribution in [1.29, 1.82) is 0 Å². The number of allylic oxidation sites excluding steroid dienone is 1. The summed E-state index contributed by atoms with van der Waals surface area (Å²) in [4.78, 5) is 0.